The fourth-order valence-corrected chi connectivity index (χ4v) is 3.16. The zero-order valence-corrected chi connectivity index (χ0v) is 17.5. The van der Waals surface area contributed by atoms with E-state index < -0.39 is 0 Å². The molecule has 1 amide bonds. The molecule has 1 heterocycles. The zero-order valence-electron chi connectivity index (χ0n) is 17.5. The number of nitrogens with one attached hydrogen (secondary N) is 2. The van der Waals surface area contributed by atoms with Crippen molar-refractivity contribution in [1.82, 2.24) is 9.97 Å². The summed E-state index contributed by atoms with van der Waals surface area (Å²) in [4.78, 5) is 21.1. The topological polar surface area (TPSA) is 85.4 Å². The van der Waals surface area contributed by atoms with Gasteiger partial charge in [-0.2, -0.15) is 0 Å². The van der Waals surface area contributed by atoms with Gasteiger partial charge in [0.25, 0.3) is 5.91 Å². The molecule has 3 aromatic carbocycles. The van der Waals surface area contributed by atoms with Gasteiger partial charge in [0.05, 0.1) is 19.7 Å². The number of nitrogens with zero attached hydrogens (tertiary/aromatic N) is 2. The number of hydrogen-bond acceptors (Lipinski definition) is 6. The molecule has 0 bridgehead atoms. The summed E-state index contributed by atoms with van der Waals surface area (Å²) in [6.07, 6.45) is 1.49. The third kappa shape index (κ3) is 4.40. The monoisotopic (exact) mass is 414 g/mol. The molecule has 4 aromatic rings. The highest BCUT2D eigenvalue weighted by Crippen LogP contribution is 2.34. The smallest absolute Gasteiger partial charge is 0.255 e. The van der Waals surface area contributed by atoms with Crippen LogP contribution >= 0.6 is 0 Å². The van der Waals surface area contributed by atoms with Gasteiger partial charge in [0, 0.05) is 28.4 Å². The van der Waals surface area contributed by atoms with Crippen molar-refractivity contribution in [3.8, 4) is 11.5 Å². The van der Waals surface area contributed by atoms with Crippen molar-refractivity contribution in [1.29, 1.82) is 0 Å². The summed E-state index contributed by atoms with van der Waals surface area (Å²) in [6, 6.07) is 18.5. The highest BCUT2D eigenvalue weighted by Gasteiger charge is 2.11. The number of ether oxygens (including phenoxy) is 2. The Hall–Kier alpha value is -4.13. The normalized spacial score (nSPS) is 10.5. The lowest BCUT2D eigenvalue weighted by Gasteiger charge is -2.12. The number of rotatable bonds is 6. The van der Waals surface area contributed by atoms with Gasteiger partial charge in [0.15, 0.2) is 11.5 Å². The molecule has 0 saturated heterocycles. The number of aromatic nitrogens is 2. The Morgan fingerprint density at radius 3 is 2.16 bits per heavy atom. The minimum absolute atomic E-state index is 0.149. The van der Waals surface area contributed by atoms with Crippen LogP contribution in [0.4, 0.5) is 17.2 Å². The first-order valence-corrected chi connectivity index (χ1v) is 9.69. The second-order valence-electron chi connectivity index (χ2n) is 6.97. The molecule has 1 aromatic heterocycles. The van der Waals surface area contributed by atoms with Crippen LogP contribution in [-0.2, 0) is 0 Å². The molecule has 0 spiro atoms. The van der Waals surface area contributed by atoms with E-state index in [1.807, 2.05) is 67.6 Å². The Labute approximate surface area is 180 Å². The Morgan fingerprint density at radius 1 is 0.839 bits per heavy atom. The number of methoxy groups -OCH3 is 2. The number of benzene rings is 3. The molecule has 4 rings (SSSR count). The summed E-state index contributed by atoms with van der Waals surface area (Å²) >= 11 is 0. The fraction of sp³-hybridized carbons (Fsp3) is 0.125. The van der Waals surface area contributed by atoms with Crippen molar-refractivity contribution in [2.75, 3.05) is 24.9 Å². The second kappa shape index (κ2) is 8.71. The van der Waals surface area contributed by atoms with Gasteiger partial charge in [0.2, 0.25) is 0 Å². The first-order chi connectivity index (χ1) is 15.1. The van der Waals surface area contributed by atoms with Gasteiger partial charge in [-0.15, -0.1) is 0 Å². The average Bonchev–Trinajstić information content (AvgIpc) is 2.80. The highest BCUT2D eigenvalue weighted by molar-refractivity contribution is 6.04. The van der Waals surface area contributed by atoms with Crippen LogP contribution in [0, 0.1) is 6.92 Å². The number of carbonyl (C=O) groups is 1. The molecule has 0 atom stereocenters. The maximum absolute atomic E-state index is 12.4. The Kier molecular flexibility index (Phi) is 5.66. The predicted octanol–water partition coefficient (Wildman–Crippen LogP) is 4.95. The minimum atomic E-state index is -0.149. The SMILES string of the molecule is COc1cc2ncnc(Nc3ccc(NC(=O)c4ccc(C)cc4)cc3)c2cc1OC. The van der Waals surface area contributed by atoms with Crippen molar-refractivity contribution in [2.45, 2.75) is 6.92 Å². The lowest BCUT2D eigenvalue weighted by Crippen LogP contribution is -2.11. The Bertz CT molecular complexity index is 1220. The number of aryl methyl sites for hydroxylation is 1. The summed E-state index contributed by atoms with van der Waals surface area (Å²) < 4.78 is 10.7. The number of carbonyl (C=O) groups excluding carboxylic acids is 1. The largest absolute Gasteiger partial charge is 0.493 e. The molecule has 0 unspecified atom stereocenters. The summed E-state index contributed by atoms with van der Waals surface area (Å²) in [5.74, 6) is 1.70. The Morgan fingerprint density at radius 2 is 1.48 bits per heavy atom. The lowest BCUT2D eigenvalue weighted by atomic mass is 10.1. The van der Waals surface area contributed by atoms with Crippen LogP contribution in [0.15, 0.2) is 67.0 Å². The van der Waals surface area contributed by atoms with E-state index in [1.54, 1.807) is 14.2 Å². The van der Waals surface area contributed by atoms with Gasteiger partial charge in [-0.1, -0.05) is 17.7 Å². The van der Waals surface area contributed by atoms with Crippen LogP contribution < -0.4 is 20.1 Å². The maximum Gasteiger partial charge on any atom is 0.255 e. The summed E-state index contributed by atoms with van der Waals surface area (Å²) in [7, 11) is 3.17. The third-order valence-corrected chi connectivity index (χ3v) is 4.86. The van der Waals surface area contributed by atoms with Crippen LogP contribution in [-0.4, -0.2) is 30.1 Å². The molecular formula is C24H22N4O3. The maximum atomic E-state index is 12.4. The van der Waals surface area contributed by atoms with Gasteiger partial charge >= 0.3 is 0 Å². The predicted molar refractivity (Wildman–Crippen MR) is 121 cm³/mol. The van der Waals surface area contributed by atoms with E-state index in [4.69, 9.17) is 9.47 Å². The highest BCUT2D eigenvalue weighted by atomic mass is 16.5. The molecule has 0 fully saturated rings. The van der Waals surface area contributed by atoms with Crippen LogP contribution in [0.25, 0.3) is 10.9 Å². The number of fused-ring (bicyclic) bond motifs is 1. The minimum Gasteiger partial charge on any atom is -0.493 e. The van der Waals surface area contributed by atoms with Crippen LogP contribution in [0.3, 0.4) is 0 Å². The van der Waals surface area contributed by atoms with E-state index >= 15 is 0 Å². The average molecular weight is 414 g/mol. The summed E-state index contributed by atoms with van der Waals surface area (Å²) in [5.41, 5.74) is 3.99. The van der Waals surface area contributed by atoms with E-state index in [-0.39, 0.29) is 5.91 Å². The van der Waals surface area contributed by atoms with E-state index in [1.165, 1.54) is 6.33 Å². The van der Waals surface area contributed by atoms with Crippen LogP contribution in [0.2, 0.25) is 0 Å². The first-order valence-electron chi connectivity index (χ1n) is 9.69. The van der Waals surface area contributed by atoms with Crippen molar-refractivity contribution in [3.05, 3.63) is 78.1 Å². The van der Waals surface area contributed by atoms with Crippen molar-refractivity contribution in [2.24, 2.45) is 0 Å². The quantitative estimate of drug-likeness (QED) is 0.464. The fourth-order valence-electron chi connectivity index (χ4n) is 3.16. The van der Waals surface area contributed by atoms with Gasteiger partial charge in [-0.25, -0.2) is 9.97 Å². The molecule has 7 heteroatoms. The van der Waals surface area contributed by atoms with E-state index in [0.717, 1.165) is 22.2 Å². The van der Waals surface area contributed by atoms with E-state index in [2.05, 4.69) is 20.6 Å². The van der Waals surface area contributed by atoms with Gasteiger partial charge in [-0.05, 0) is 49.4 Å². The van der Waals surface area contributed by atoms with Gasteiger partial charge in [0.1, 0.15) is 12.1 Å². The molecule has 0 aliphatic heterocycles. The lowest BCUT2D eigenvalue weighted by molar-refractivity contribution is 0.102. The van der Waals surface area contributed by atoms with Gasteiger partial charge < -0.3 is 20.1 Å². The molecule has 2 N–H and O–H groups in total. The van der Waals surface area contributed by atoms with E-state index in [9.17, 15) is 4.79 Å². The van der Waals surface area contributed by atoms with Crippen molar-refractivity contribution in [3.63, 3.8) is 0 Å². The second-order valence-corrected chi connectivity index (χ2v) is 6.97. The molecular weight excluding hydrogens is 392 g/mol. The molecule has 0 radical (unpaired) electrons. The summed E-state index contributed by atoms with van der Waals surface area (Å²) in [6.45, 7) is 1.99. The zero-order chi connectivity index (χ0) is 21.8. The molecule has 156 valence electrons. The van der Waals surface area contributed by atoms with Crippen molar-refractivity contribution < 1.29 is 14.3 Å². The molecule has 31 heavy (non-hydrogen) atoms. The third-order valence-electron chi connectivity index (χ3n) is 4.86. The number of amides is 1. The molecule has 7 nitrogen and oxygen atoms in total. The van der Waals surface area contributed by atoms with Crippen LogP contribution in [0.1, 0.15) is 15.9 Å². The van der Waals surface area contributed by atoms with Crippen molar-refractivity contribution >= 4 is 34.0 Å². The van der Waals surface area contributed by atoms with E-state index in [0.29, 0.717) is 28.6 Å². The standard InChI is InChI=1S/C24H22N4O3/c1-15-4-6-16(7-5-15)24(29)28-18-10-8-17(9-11-18)27-23-19-12-21(30-2)22(31-3)13-20(19)25-14-26-23/h4-14H,1-3H3,(H,28,29)(H,25,26,27). The summed E-state index contributed by atoms with van der Waals surface area (Å²) in [5, 5.41) is 7.00. The van der Waals surface area contributed by atoms with Gasteiger partial charge in [-0.3, -0.25) is 4.79 Å². The molecule has 0 aliphatic rings. The number of hydrogen-bond donors (Lipinski definition) is 2. The first kappa shape index (κ1) is 20.2. The Balaban J connectivity index is 1.53. The number of anilines is 3. The van der Waals surface area contributed by atoms with Crippen LogP contribution in [0.5, 0.6) is 11.5 Å². The molecule has 0 saturated carbocycles. The molecule has 0 aliphatic carbocycles.